The van der Waals surface area contributed by atoms with Crippen LogP contribution in [0, 0.1) is 0 Å². The predicted octanol–water partition coefficient (Wildman–Crippen LogP) is 13.9. The van der Waals surface area contributed by atoms with Crippen molar-refractivity contribution in [3.8, 4) is 89.0 Å². The van der Waals surface area contributed by atoms with Gasteiger partial charge in [0.1, 0.15) is 0 Å². The van der Waals surface area contributed by atoms with Crippen LogP contribution in [-0.2, 0) is 15.9 Å². The first-order valence-corrected chi connectivity index (χ1v) is 19.5. The van der Waals surface area contributed by atoms with Crippen molar-refractivity contribution in [2.45, 2.75) is 11.2 Å². The van der Waals surface area contributed by atoms with Crippen LogP contribution in [0.1, 0.15) is 22.3 Å². The highest BCUT2D eigenvalue weighted by molar-refractivity contribution is 6.40. The van der Waals surface area contributed by atoms with Gasteiger partial charge < -0.3 is 4.74 Å². The average molecular weight is 730 g/mol. The number of epoxide rings is 1. The third-order valence-electron chi connectivity index (χ3n) is 12.5. The van der Waals surface area contributed by atoms with Gasteiger partial charge in [-0.3, -0.25) is 0 Å². The van der Waals surface area contributed by atoms with E-state index in [0.29, 0.717) is 0 Å². The van der Waals surface area contributed by atoms with Crippen molar-refractivity contribution in [1.82, 2.24) is 0 Å². The summed E-state index contributed by atoms with van der Waals surface area (Å²) in [5.41, 5.74) is 23.3. The molecule has 3 aliphatic carbocycles. The molecule has 8 aromatic rings. The van der Waals surface area contributed by atoms with Crippen molar-refractivity contribution >= 4 is 23.2 Å². The third-order valence-corrected chi connectivity index (χ3v) is 12.5. The summed E-state index contributed by atoms with van der Waals surface area (Å²) in [4.78, 5) is 0. The molecular weight excluding hydrogens is 699 g/mol. The van der Waals surface area contributed by atoms with Crippen molar-refractivity contribution in [2.24, 2.45) is 0 Å². The van der Waals surface area contributed by atoms with Gasteiger partial charge in [-0.15, -0.1) is 23.2 Å². The summed E-state index contributed by atoms with van der Waals surface area (Å²) >= 11 is 9.53. The molecule has 0 aromatic heterocycles. The zero-order valence-corrected chi connectivity index (χ0v) is 30.5. The van der Waals surface area contributed by atoms with Crippen LogP contribution in [-0.4, -0.2) is 5.34 Å². The van der Waals surface area contributed by atoms with Gasteiger partial charge in [0.05, 0.1) is 5.34 Å². The molecule has 1 saturated heterocycles. The fraction of sp³-hybridized carbons (Fsp3) is 0.0588. The van der Waals surface area contributed by atoms with E-state index in [9.17, 15) is 0 Å². The molecular formula is C51H30Cl2O. The molecule has 0 bridgehead atoms. The van der Waals surface area contributed by atoms with Crippen LogP contribution in [0.25, 0.3) is 89.0 Å². The summed E-state index contributed by atoms with van der Waals surface area (Å²) in [7, 11) is 0. The van der Waals surface area contributed by atoms with Gasteiger partial charge in [-0.05, 0) is 136 Å². The maximum Gasteiger partial charge on any atom is 0.158 e. The summed E-state index contributed by atoms with van der Waals surface area (Å²) in [6.45, 7) is 0. The summed E-state index contributed by atoms with van der Waals surface area (Å²) in [6, 6.07) is 64.3. The normalized spacial score (nSPS) is 15.1. The number of hydrogen-bond acceptors (Lipinski definition) is 1. The summed E-state index contributed by atoms with van der Waals surface area (Å²) in [5, 5.41) is 0.194. The topological polar surface area (TPSA) is 12.5 Å². The van der Waals surface area contributed by atoms with Crippen LogP contribution >= 0.6 is 23.2 Å². The van der Waals surface area contributed by atoms with Crippen molar-refractivity contribution in [3.63, 3.8) is 0 Å². The minimum Gasteiger partial charge on any atom is -0.342 e. The zero-order chi connectivity index (χ0) is 35.8. The highest BCUT2D eigenvalue weighted by Crippen LogP contribution is 2.75. The van der Waals surface area contributed by atoms with Crippen LogP contribution in [0.5, 0.6) is 0 Å². The van der Waals surface area contributed by atoms with E-state index in [1.807, 2.05) is 0 Å². The monoisotopic (exact) mass is 728 g/mol. The Kier molecular flexibility index (Phi) is 6.22. The van der Waals surface area contributed by atoms with Crippen LogP contribution in [0.15, 0.2) is 170 Å². The van der Waals surface area contributed by atoms with Crippen LogP contribution in [0.2, 0.25) is 0 Å². The lowest BCUT2D eigenvalue weighted by Gasteiger charge is -2.26. The Hall–Kier alpha value is -5.70. The van der Waals surface area contributed by atoms with Gasteiger partial charge in [0.25, 0.3) is 0 Å². The number of rotatable bonds is 0. The smallest absolute Gasteiger partial charge is 0.158 e. The zero-order valence-electron chi connectivity index (χ0n) is 29.0. The minimum absolute atomic E-state index is 0.194. The second kappa shape index (κ2) is 10.9. The van der Waals surface area contributed by atoms with Gasteiger partial charge in [0.15, 0.2) is 11.2 Å². The molecule has 0 radical (unpaired) electrons. The van der Waals surface area contributed by atoms with Crippen molar-refractivity contribution < 1.29 is 4.74 Å². The van der Waals surface area contributed by atoms with Gasteiger partial charge in [0.2, 0.25) is 0 Å². The fourth-order valence-electron chi connectivity index (χ4n) is 10.5. The molecule has 1 fully saturated rings. The van der Waals surface area contributed by atoms with E-state index in [2.05, 4.69) is 170 Å². The molecule has 54 heavy (non-hydrogen) atoms. The van der Waals surface area contributed by atoms with Crippen molar-refractivity contribution in [1.29, 1.82) is 0 Å². The molecule has 8 aromatic carbocycles. The molecule has 0 unspecified atom stereocenters. The lowest BCUT2D eigenvalue weighted by Crippen LogP contribution is -2.26. The van der Waals surface area contributed by atoms with Crippen LogP contribution in [0.3, 0.4) is 0 Å². The first-order valence-electron chi connectivity index (χ1n) is 18.5. The van der Waals surface area contributed by atoms with E-state index in [1.165, 1.54) is 111 Å². The highest BCUT2D eigenvalue weighted by atomic mass is 35.5. The Labute approximate surface area is 324 Å². The maximum atomic E-state index is 7.78. The Morgan fingerprint density at radius 3 is 0.704 bits per heavy atom. The number of benzene rings is 8. The molecule has 2 spiro atoms. The van der Waals surface area contributed by atoms with Crippen LogP contribution in [0.4, 0.5) is 0 Å². The molecule has 0 atom stereocenters. The number of ether oxygens (including phenoxy) is 1. The Bertz CT molecular complexity index is 2550. The quantitative estimate of drug-likeness (QED) is 0.112. The summed E-state index contributed by atoms with van der Waals surface area (Å²) in [6.07, 6.45) is 0. The van der Waals surface area contributed by atoms with Gasteiger partial charge >= 0.3 is 0 Å². The number of alkyl halides is 2. The van der Waals surface area contributed by atoms with Gasteiger partial charge in [-0.1, -0.05) is 146 Å². The highest BCUT2D eigenvalue weighted by Gasteiger charge is 2.76. The van der Waals surface area contributed by atoms with Gasteiger partial charge in [0, 0.05) is 0 Å². The molecule has 0 N–H and O–H groups in total. The minimum atomic E-state index is -0.760. The van der Waals surface area contributed by atoms with E-state index >= 15 is 0 Å². The standard InChI is InChI=1S/C50H28O.CH2Cl2/c1-2-14-30-29(13-1)37-25-41-33-17-5-9-21-45(33)49-47-23-11-7-19-35(47)43(41)27-39(37)31-15-3-4-16-32(31)40-28-44-36-20-8-12-24-48(36)50(49,51-49)46-22-10-6-18-34(46)42(44)26-38(30)40;2-1-3/h1-28H;1H2. The van der Waals surface area contributed by atoms with Crippen molar-refractivity contribution in [2.75, 3.05) is 5.34 Å². The fourth-order valence-corrected chi connectivity index (χ4v) is 10.5. The Balaban J connectivity index is 0.00000105. The first kappa shape index (κ1) is 30.7. The first-order chi connectivity index (χ1) is 26.7. The SMILES string of the molecule is ClCCl.c1ccc2c(c1)-c1cc3c4cc1-c1ccccc1-c1cc5c(cc1-2)-c1ccccc1C1(OC1(c1ccccc1-3)c1ccccc1-4)c1ccccc1-5. The maximum absolute atomic E-state index is 7.78. The molecule has 254 valence electrons. The average Bonchev–Trinajstić information content (AvgIpc) is 3.97. The third kappa shape index (κ3) is 3.65. The summed E-state index contributed by atoms with van der Waals surface area (Å²) in [5.74, 6) is 0. The molecule has 1 heterocycles. The molecule has 1 aliphatic heterocycles. The predicted molar refractivity (Wildman–Crippen MR) is 223 cm³/mol. The van der Waals surface area contributed by atoms with E-state index in [1.54, 1.807) is 0 Å². The van der Waals surface area contributed by atoms with Gasteiger partial charge in [-0.25, -0.2) is 0 Å². The molecule has 3 heteroatoms. The van der Waals surface area contributed by atoms with E-state index in [4.69, 9.17) is 27.9 Å². The Morgan fingerprint density at radius 1 is 0.278 bits per heavy atom. The molecule has 4 aliphatic rings. The largest absolute Gasteiger partial charge is 0.342 e. The van der Waals surface area contributed by atoms with E-state index < -0.39 is 11.2 Å². The number of hydrogen-bond donors (Lipinski definition) is 0. The molecule has 12 rings (SSSR count). The second-order valence-corrected chi connectivity index (χ2v) is 15.5. The molecule has 0 saturated carbocycles. The second-order valence-electron chi connectivity index (χ2n) is 14.7. The number of fused-ring (bicyclic) bond motifs is 23. The number of halogens is 2. The molecule has 0 amide bonds. The summed E-state index contributed by atoms with van der Waals surface area (Å²) < 4.78 is 7.78. The molecule has 1 nitrogen and oxygen atoms in total. The van der Waals surface area contributed by atoms with Crippen molar-refractivity contribution in [3.05, 3.63) is 192 Å². The van der Waals surface area contributed by atoms with E-state index in [0.717, 1.165) is 0 Å². The van der Waals surface area contributed by atoms with Gasteiger partial charge in [-0.2, -0.15) is 0 Å². The lowest BCUT2D eigenvalue weighted by atomic mass is 9.71. The lowest BCUT2D eigenvalue weighted by molar-refractivity contribution is 0.301. The van der Waals surface area contributed by atoms with E-state index in [-0.39, 0.29) is 5.34 Å². The Morgan fingerprint density at radius 2 is 0.463 bits per heavy atom. The van der Waals surface area contributed by atoms with Crippen LogP contribution < -0.4 is 0 Å².